The molecule has 15 heteroatoms. The predicted octanol–water partition coefficient (Wildman–Crippen LogP) is 4.78. The second kappa shape index (κ2) is 13.9. The summed E-state index contributed by atoms with van der Waals surface area (Å²) in [7, 11) is -0.838. The summed E-state index contributed by atoms with van der Waals surface area (Å²) >= 11 is 0. The van der Waals surface area contributed by atoms with Gasteiger partial charge in [-0.1, -0.05) is 19.1 Å². The first-order valence-corrected chi connectivity index (χ1v) is 16.2. The molecule has 0 saturated carbocycles. The molecular weight excluding hydrogens is 611 g/mol. The largest absolute Gasteiger partial charge is 0.495 e. The summed E-state index contributed by atoms with van der Waals surface area (Å²) in [6.45, 7) is 6.55. The fourth-order valence-electron chi connectivity index (χ4n) is 4.98. The minimum atomic E-state index is -4.76. The highest BCUT2D eigenvalue weighted by molar-refractivity contribution is 7.92. The number of aryl methyl sites for hydroxylation is 1. The number of alkyl halides is 3. The molecule has 1 aliphatic heterocycles. The Balaban J connectivity index is 1.55. The summed E-state index contributed by atoms with van der Waals surface area (Å²) in [5.74, 6) is -0.627. The smallest absolute Gasteiger partial charge is 0.421 e. The van der Waals surface area contributed by atoms with E-state index in [0.29, 0.717) is 28.7 Å². The third kappa shape index (κ3) is 8.54. The number of benzene rings is 2. The summed E-state index contributed by atoms with van der Waals surface area (Å²) in [5.41, 5.74) is 1.17. The summed E-state index contributed by atoms with van der Waals surface area (Å²) in [4.78, 5) is 23.2. The third-order valence-electron chi connectivity index (χ3n) is 7.70. The predicted molar refractivity (Wildman–Crippen MR) is 168 cm³/mol. The Kier molecular flexibility index (Phi) is 10.4. The highest BCUT2D eigenvalue weighted by Crippen LogP contribution is 2.36. The van der Waals surface area contributed by atoms with Crippen molar-refractivity contribution in [3.8, 4) is 5.75 Å². The van der Waals surface area contributed by atoms with Gasteiger partial charge in [-0.3, -0.25) is 9.10 Å². The van der Waals surface area contributed by atoms with Crippen LogP contribution in [0.15, 0.2) is 42.6 Å². The van der Waals surface area contributed by atoms with Crippen molar-refractivity contribution in [3.63, 3.8) is 0 Å². The average molecular weight is 650 g/mol. The number of hydrogen-bond donors (Lipinski definition) is 3. The van der Waals surface area contributed by atoms with E-state index >= 15 is 0 Å². The molecule has 0 spiro atoms. The van der Waals surface area contributed by atoms with E-state index < -0.39 is 27.6 Å². The highest BCUT2D eigenvalue weighted by Gasteiger charge is 2.35. The number of anilines is 4. The molecule has 3 N–H and O–H groups in total. The van der Waals surface area contributed by atoms with Crippen molar-refractivity contribution in [2.24, 2.45) is 0 Å². The Labute approximate surface area is 261 Å². The number of methoxy groups -OCH3 is 1. The molecule has 11 nitrogen and oxygen atoms in total. The molecule has 1 aromatic heterocycles. The Bertz CT molecular complexity index is 1630. The zero-order valence-electron chi connectivity index (χ0n) is 25.8. The lowest BCUT2D eigenvalue weighted by Gasteiger charge is -2.31. The summed E-state index contributed by atoms with van der Waals surface area (Å²) < 4.78 is 72.6. The normalized spacial score (nSPS) is 14.6. The number of carbonyl (C=O) groups is 1. The number of halogens is 3. The van der Waals surface area contributed by atoms with Crippen LogP contribution in [0.25, 0.3) is 0 Å². The molecule has 0 unspecified atom stereocenters. The number of carbonyl (C=O) groups excluding carboxylic acids is 1. The van der Waals surface area contributed by atoms with E-state index in [1.54, 1.807) is 43.3 Å². The highest BCUT2D eigenvalue weighted by atomic mass is 32.2. The van der Waals surface area contributed by atoms with Crippen molar-refractivity contribution in [3.05, 3.63) is 64.8 Å². The summed E-state index contributed by atoms with van der Waals surface area (Å²) in [6.07, 6.45) is -1.34. The van der Waals surface area contributed by atoms with Gasteiger partial charge in [0, 0.05) is 44.5 Å². The maximum Gasteiger partial charge on any atom is 0.421 e. The van der Waals surface area contributed by atoms with E-state index in [1.165, 1.54) is 14.2 Å². The molecule has 4 rings (SSSR count). The number of likely N-dealkylation sites (tertiary alicyclic amines) is 1. The molecule has 1 aliphatic rings. The molecule has 45 heavy (non-hydrogen) atoms. The first-order chi connectivity index (χ1) is 21.2. The Morgan fingerprint density at radius 1 is 1.16 bits per heavy atom. The number of ether oxygens (including phenoxy) is 1. The maximum atomic E-state index is 13.9. The molecule has 1 saturated heterocycles. The van der Waals surface area contributed by atoms with Crippen LogP contribution in [0.1, 0.15) is 46.8 Å². The van der Waals surface area contributed by atoms with Gasteiger partial charge in [-0.2, -0.15) is 18.2 Å². The molecule has 1 amide bonds. The van der Waals surface area contributed by atoms with E-state index in [2.05, 4.69) is 37.7 Å². The zero-order chi connectivity index (χ0) is 32.9. The van der Waals surface area contributed by atoms with Crippen LogP contribution in [0, 0.1) is 6.92 Å². The van der Waals surface area contributed by atoms with Crippen LogP contribution in [-0.2, 0) is 22.7 Å². The summed E-state index contributed by atoms with van der Waals surface area (Å²) in [6, 6.07) is 9.78. The Morgan fingerprint density at radius 3 is 2.49 bits per heavy atom. The van der Waals surface area contributed by atoms with E-state index in [0.717, 1.165) is 48.6 Å². The van der Waals surface area contributed by atoms with Crippen molar-refractivity contribution in [1.82, 2.24) is 20.2 Å². The van der Waals surface area contributed by atoms with Gasteiger partial charge in [-0.15, -0.1) is 0 Å². The third-order valence-corrected chi connectivity index (χ3v) is 8.89. The second-order valence-electron chi connectivity index (χ2n) is 10.9. The van der Waals surface area contributed by atoms with E-state index in [4.69, 9.17) is 4.74 Å². The van der Waals surface area contributed by atoms with Crippen LogP contribution in [0.4, 0.5) is 36.3 Å². The number of sulfonamides is 1. The zero-order valence-corrected chi connectivity index (χ0v) is 26.6. The van der Waals surface area contributed by atoms with Gasteiger partial charge >= 0.3 is 6.18 Å². The molecule has 0 aliphatic carbocycles. The maximum absolute atomic E-state index is 13.9. The minimum Gasteiger partial charge on any atom is -0.495 e. The van der Waals surface area contributed by atoms with Crippen LogP contribution in [0.2, 0.25) is 0 Å². The molecule has 0 radical (unpaired) electrons. The van der Waals surface area contributed by atoms with Gasteiger partial charge < -0.3 is 25.6 Å². The average Bonchev–Trinajstić information content (AvgIpc) is 2.99. The quantitative estimate of drug-likeness (QED) is 0.269. The Morgan fingerprint density at radius 2 is 1.87 bits per heavy atom. The molecule has 244 valence electrons. The monoisotopic (exact) mass is 649 g/mol. The topological polar surface area (TPSA) is 129 Å². The van der Waals surface area contributed by atoms with Gasteiger partial charge in [0.15, 0.2) is 0 Å². The fraction of sp³-hybridized carbons (Fsp3) is 0.433. The van der Waals surface area contributed by atoms with E-state index in [1.807, 2.05) is 0 Å². The fourth-order valence-corrected chi connectivity index (χ4v) is 5.50. The van der Waals surface area contributed by atoms with Gasteiger partial charge in [0.25, 0.3) is 5.91 Å². The number of hydrogen-bond acceptors (Lipinski definition) is 9. The van der Waals surface area contributed by atoms with Crippen molar-refractivity contribution in [2.75, 3.05) is 55.0 Å². The first kappa shape index (κ1) is 33.8. The molecule has 1 fully saturated rings. The van der Waals surface area contributed by atoms with Crippen LogP contribution in [0.3, 0.4) is 0 Å². The van der Waals surface area contributed by atoms with E-state index in [9.17, 15) is 26.4 Å². The second-order valence-corrected chi connectivity index (χ2v) is 12.9. The number of aromatic nitrogens is 2. The van der Waals surface area contributed by atoms with Crippen molar-refractivity contribution in [2.45, 2.75) is 45.5 Å². The van der Waals surface area contributed by atoms with Gasteiger partial charge in [0.2, 0.25) is 16.0 Å². The lowest BCUT2D eigenvalue weighted by atomic mass is 10.0. The van der Waals surface area contributed by atoms with Gasteiger partial charge in [0.1, 0.15) is 17.1 Å². The molecule has 0 bridgehead atoms. The van der Waals surface area contributed by atoms with Crippen molar-refractivity contribution < 1.29 is 31.1 Å². The molecule has 2 heterocycles. The van der Waals surface area contributed by atoms with Crippen molar-refractivity contribution >= 4 is 39.1 Å². The first-order valence-electron chi connectivity index (χ1n) is 14.4. The van der Waals surface area contributed by atoms with Crippen LogP contribution in [0.5, 0.6) is 5.75 Å². The number of rotatable bonds is 11. The van der Waals surface area contributed by atoms with Crippen LogP contribution in [-0.4, -0.2) is 75.3 Å². The number of piperidine rings is 1. The van der Waals surface area contributed by atoms with Crippen molar-refractivity contribution in [1.29, 1.82) is 0 Å². The van der Waals surface area contributed by atoms with Gasteiger partial charge in [-0.25, -0.2) is 13.4 Å². The van der Waals surface area contributed by atoms with Gasteiger partial charge in [-0.05, 0) is 61.7 Å². The molecule has 0 atom stereocenters. The van der Waals surface area contributed by atoms with Gasteiger partial charge in [0.05, 0.1) is 24.7 Å². The Hall–Kier alpha value is -4.11. The number of nitrogens with one attached hydrogen (secondary N) is 3. The molecule has 2 aromatic carbocycles. The van der Waals surface area contributed by atoms with Crippen LogP contribution >= 0.6 is 0 Å². The summed E-state index contributed by atoms with van der Waals surface area (Å²) in [5, 5.41) is 8.64. The van der Waals surface area contributed by atoms with Crippen LogP contribution < -0.4 is 25.0 Å². The SMILES string of the molecule is CCN1CCC(NC(=O)c2ccc(Nc3ncc(C(F)(F)F)c(NCc4ccc(C)cc4N(C)S(C)(=O)=O)n3)c(OC)c2)CC1. The van der Waals surface area contributed by atoms with E-state index in [-0.39, 0.29) is 30.2 Å². The lowest BCUT2D eigenvalue weighted by Crippen LogP contribution is -2.44. The number of nitrogens with zero attached hydrogens (tertiary/aromatic N) is 4. The number of amides is 1. The molecular formula is C30H38F3N7O4S. The standard InChI is InChI=1S/C30H38F3N7O4S/c1-6-40-13-11-22(12-14-40)36-28(41)20-9-10-24(26(16-20)44-4)37-29-35-18-23(30(31,32)33)27(38-29)34-17-21-8-7-19(2)15-25(21)39(3)45(5,42)43/h7-10,15-16,18,22H,6,11-14,17H2,1-5H3,(H,36,41)(H2,34,35,37,38). The minimum absolute atomic E-state index is 0.0679. The lowest BCUT2D eigenvalue weighted by molar-refractivity contribution is -0.137. The molecule has 3 aromatic rings.